The normalized spacial score (nSPS) is 14.9. The Morgan fingerprint density at radius 1 is 0.565 bits per heavy atom. The van der Waals surface area contributed by atoms with E-state index in [9.17, 15) is 36.9 Å². The highest BCUT2D eigenvalue weighted by Gasteiger charge is 2.47. The predicted molar refractivity (Wildman–Crippen MR) is 245 cm³/mol. The first-order valence-electron chi connectivity index (χ1n) is 20.7. The summed E-state index contributed by atoms with van der Waals surface area (Å²) in [6, 6.07) is 22.2. The first kappa shape index (κ1) is 47.4. The Morgan fingerprint density at radius 2 is 0.935 bits per heavy atom. The van der Waals surface area contributed by atoms with E-state index in [0.717, 1.165) is 110 Å². The Labute approximate surface area is 382 Å². The van der Waals surface area contributed by atoms with Gasteiger partial charge in [0.1, 0.15) is 23.3 Å². The van der Waals surface area contributed by atoms with Crippen LogP contribution in [0.4, 0.5) is 0 Å². The Hall–Kier alpha value is -4.04. The van der Waals surface area contributed by atoms with E-state index in [2.05, 4.69) is 13.8 Å². The Bertz CT molecular complexity index is 2350. The molecule has 0 bridgehead atoms. The third-order valence-corrected chi connectivity index (χ3v) is 17.7. The Balaban J connectivity index is 1.45. The third kappa shape index (κ3) is 11.7. The number of unbranched alkanes of at least 4 members (excludes halogenated alkanes) is 10. The number of hydrogen-bond acceptors (Lipinski definition) is 14. The van der Waals surface area contributed by atoms with Crippen molar-refractivity contribution < 1.29 is 34.8 Å². The van der Waals surface area contributed by atoms with Crippen LogP contribution in [-0.4, -0.2) is 50.2 Å². The molecule has 0 atom stereocenters. The summed E-state index contributed by atoms with van der Waals surface area (Å²) in [5.74, 6) is -2.02. The molecule has 18 heteroatoms. The van der Waals surface area contributed by atoms with Crippen LogP contribution in [-0.2, 0) is 42.9 Å². The van der Waals surface area contributed by atoms with Crippen LogP contribution in [0.3, 0.4) is 0 Å². The summed E-state index contributed by atoms with van der Waals surface area (Å²) in [4.78, 5) is 29.7. The summed E-state index contributed by atoms with van der Waals surface area (Å²) in [6.07, 6.45) is 9.96. The molecule has 2 amide bonds. The van der Waals surface area contributed by atoms with Crippen molar-refractivity contribution in [1.82, 2.24) is 10.0 Å². The summed E-state index contributed by atoms with van der Waals surface area (Å²) in [6.45, 7) is 4.37. The number of amides is 2. The number of rotatable bonds is 22. The van der Waals surface area contributed by atoms with Crippen LogP contribution in [0, 0.1) is 22.7 Å². The Kier molecular flexibility index (Phi) is 16.9. The van der Waals surface area contributed by atoms with Gasteiger partial charge in [-0.05, 0) is 24.0 Å². The van der Waals surface area contributed by atoms with Crippen LogP contribution in [0.15, 0.2) is 99.9 Å². The number of nitrogens with zero attached hydrogens (tertiary/aromatic N) is 4. The van der Waals surface area contributed by atoms with E-state index in [1.807, 2.05) is 72.8 Å². The largest absolute Gasteiger partial charge is 0.380 e. The maximum Gasteiger partial charge on any atom is 0.309 e. The van der Waals surface area contributed by atoms with Crippen molar-refractivity contribution in [2.24, 2.45) is 0 Å². The van der Waals surface area contributed by atoms with Gasteiger partial charge in [0.2, 0.25) is 0 Å². The van der Waals surface area contributed by atoms with Gasteiger partial charge in [0.15, 0.2) is 11.5 Å². The number of hydrogen-bond donors (Lipinski definition) is 0. The average Bonchev–Trinajstić information content (AvgIpc) is 3.95. The monoisotopic (exact) mass is 952 g/mol. The number of benzene rings is 3. The zero-order valence-corrected chi connectivity index (χ0v) is 39.5. The molecule has 0 saturated carbocycles. The highest BCUT2D eigenvalue weighted by atomic mass is 32.2. The van der Waals surface area contributed by atoms with E-state index in [4.69, 9.17) is 8.37 Å². The fourth-order valence-corrected chi connectivity index (χ4v) is 14.6. The van der Waals surface area contributed by atoms with E-state index in [1.54, 1.807) is 0 Å². The molecule has 3 aromatic rings. The minimum absolute atomic E-state index is 0.0875. The summed E-state index contributed by atoms with van der Waals surface area (Å²) in [7, 11) is -8.50. The second-order valence-electron chi connectivity index (χ2n) is 14.9. The minimum Gasteiger partial charge on any atom is -0.380 e. The highest BCUT2D eigenvalue weighted by molar-refractivity contribution is 8.26. The van der Waals surface area contributed by atoms with Gasteiger partial charge in [0.25, 0.3) is 11.8 Å². The van der Waals surface area contributed by atoms with Crippen molar-refractivity contribution >= 4 is 79.1 Å². The number of fused-ring (bicyclic) bond motifs is 2. The van der Waals surface area contributed by atoms with E-state index in [0.29, 0.717) is 25.7 Å². The van der Waals surface area contributed by atoms with Gasteiger partial charge in [-0.25, -0.2) is 10.0 Å². The van der Waals surface area contributed by atoms with Gasteiger partial charge in [-0.15, -0.1) is 0 Å². The fourth-order valence-electron chi connectivity index (χ4n) is 6.90. The minimum atomic E-state index is -4.25. The molecule has 3 heterocycles. The van der Waals surface area contributed by atoms with Gasteiger partial charge in [0, 0.05) is 0 Å². The van der Waals surface area contributed by atoms with E-state index < -0.39 is 32.1 Å². The molecule has 3 aliphatic rings. The van der Waals surface area contributed by atoms with Gasteiger partial charge < -0.3 is 8.37 Å². The van der Waals surface area contributed by atoms with Crippen LogP contribution in [0.1, 0.15) is 102 Å². The molecule has 0 aliphatic carbocycles. The average molecular weight is 953 g/mol. The molecule has 0 N–H and O–H groups in total. The van der Waals surface area contributed by atoms with Gasteiger partial charge in [-0.2, -0.15) is 27.4 Å². The molecule has 1 saturated heterocycles. The summed E-state index contributed by atoms with van der Waals surface area (Å²) >= 11 is 3.70. The first-order chi connectivity index (χ1) is 29.9. The van der Waals surface area contributed by atoms with E-state index in [-0.39, 0.29) is 75.3 Å². The number of carbonyl (C=O) groups excluding carboxylic acids is 2. The van der Waals surface area contributed by atoms with E-state index >= 15 is 0 Å². The second kappa shape index (κ2) is 22.0. The highest BCUT2D eigenvalue weighted by Crippen LogP contribution is 2.69. The summed E-state index contributed by atoms with van der Waals surface area (Å²) < 4.78 is 67.5. The van der Waals surface area contributed by atoms with Crippen LogP contribution >= 0.6 is 47.0 Å². The lowest BCUT2D eigenvalue weighted by Crippen LogP contribution is -2.39. The van der Waals surface area contributed by atoms with Crippen molar-refractivity contribution in [3.8, 4) is 23.6 Å². The molecule has 62 heavy (non-hydrogen) atoms. The number of hydrazine groups is 1. The van der Waals surface area contributed by atoms with E-state index in [1.165, 1.54) is 10.0 Å². The summed E-state index contributed by atoms with van der Waals surface area (Å²) in [5.41, 5.74) is 1.16. The number of carbonyl (C=O) groups is 2. The third-order valence-electron chi connectivity index (χ3n) is 10.1. The molecule has 328 valence electrons. The Morgan fingerprint density at radius 3 is 1.32 bits per heavy atom. The van der Waals surface area contributed by atoms with Gasteiger partial charge in [0.05, 0.1) is 52.7 Å². The molecule has 6 rings (SSSR count). The lowest BCUT2D eigenvalue weighted by atomic mass is 10.1. The standard InChI is InChI=1S/C44H48N4O8S6/c1-3-5-7-9-11-19-25-61(51,52)55-35-37-38(58-43(57-37)33(27-45)28-46)36(56-62(53,54)26-20-12-10-8-6-4-2)40-39(35)59-44(60-40)34-41(49)47(29-31-21-15-13-16-22-31)48(42(34)50)30-32-23-17-14-18-24-32/h13-18,21-24H,3-12,19-20,25-26,29-30H2,1-2H3. The van der Waals surface area contributed by atoms with Crippen molar-refractivity contribution in [3.05, 3.63) is 91.4 Å². The molecule has 0 spiro atoms. The second-order valence-corrected chi connectivity index (χ2v) is 22.8. The topological polar surface area (TPSA) is 175 Å². The maximum absolute atomic E-state index is 14.5. The lowest BCUT2D eigenvalue weighted by Gasteiger charge is -2.27. The number of thioether (sulfide) groups is 4. The van der Waals surface area contributed by atoms with Crippen molar-refractivity contribution in [2.45, 2.75) is 124 Å². The van der Waals surface area contributed by atoms with Crippen LogP contribution in [0.2, 0.25) is 0 Å². The molecule has 3 aromatic carbocycles. The maximum atomic E-state index is 14.5. The first-order valence-corrected chi connectivity index (χ1v) is 27.1. The lowest BCUT2D eigenvalue weighted by molar-refractivity contribution is -0.149. The molecule has 0 radical (unpaired) electrons. The van der Waals surface area contributed by atoms with Crippen molar-refractivity contribution in [3.63, 3.8) is 0 Å². The zero-order chi connectivity index (χ0) is 44.3. The fraction of sp³-hybridized carbons (Fsp3) is 0.409. The molecule has 0 unspecified atom stereocenters. The predicted octanol–water partition coefficient (Wildman–Crippen LogP) is 10.7. The van der Waals surface area contributed by atoms with Crippen LogP contribution in [0.25, 0.3) is 0 Å². The van der Waals surface area contributed by atoms with Gasteiger partial charge in [-0.3, -0.25) is 9.59 Å². The van der Waals surface area contributed by atoms with Crippen LogP contribution < -0.4 is 8.37 Å². The quantitative estimate of drug-likeness (QED) is 0.0306. The molecule has 1 fully saturated rings. The SMILES string of the molecule is CCCCCCCCS(=O)(=O)Oc1c2c(c(OS(=O)(=O)CCCCCCCC)c3c1SC(=C1C(=O)N(Cc4ccccc4)N(Cc4ccccc4)C1=O)S3)SC(=C(C#N)C#N)S2. The molecule has 0 aromatic heterocycles. The molecular weight excluding hydrogens is 905 g/mol. The van der Waals surface area contributed by atoms with Gasteiger partial charge >= 0.3 is 20.2 Å². The van der Waals surface area contributed by atoms with Crippen molar-refractivity contribution in [1.29, 1.82) is 10.5 Å². The van der Waals surface area contributed by atoms with Crippen LogP contribution in [0.5, 0.6) is 11.5 Å². The summed E-state index contributed by atoms with van der Waals surface area (Å²) in [5, 5.41) is 22.4. The molecule has 12 nitrogen and oxygen atoms in total. The van der Waals surface area contributed by atoms with Gasteiger partial charge in [-0.1, -0.05) is 186 Å². The zero-order valence-electron chi connectivity index (χ0n) is 34.6. The number of allylic oxidation sites excluding steroid dienone is 1. The number of nitriles is 2. The van der Waals surface area contributed by atoms with Crippen molar-refractivity contribution in [2.75, 3.05) is 11.5 Å². The molecule has 3 aliphatic heterocycles. The smallest absolute Gasteiger partial charge is 0.309 e. The molecular formula is C44H48N4O8S6.